The van der Waals surface area contributed by atoms with Crippen molar-refractivity contribution in [3.63, 3.8) is 0 Å². The molecule has 1 aliphatic heterocycles. The van der Waals surface area contributed by atoms with Gasteiger partial charge < -0.3 is 10.4 Å². The van der Waals surface area contributed by atoms with Crippen molar-refractivity contribution in [2.75, 3.05) is 6.54 Å². The molecule has 1 atom stereocenters. The quantitative estimate of drug-likeness (QED) is 0.347. The van der Waals surface area contributed by atoms with Gasteiger partial charge in [0, 0.05) is 18.5 Å². The maximum Gasteiger partial charge on any atom is 0.159 e. The van der Waals surface area contributed by atoms with Gasteiger partial charge in [0.1, 0.15) is 0 Å². The number of aliphatic imine (C=N–C) groups is 1. The smallest absolute Gasteiger partial charge is 0.159 e. The first kappa shape index (κ1) is 21.8. The molecule has 31 heavy (non-hydrogen) atoms. The molecule has 0 radical (unpaired) electrons. The molecule has 0 fully saturated rings. The van der Waals surface area contributed by atoms with Crippen molar-refractivity contribution in [2.45, 2.75) is 76.9 Å². The third-order valence-electron chi connectivity index (χ3n) is 6.57. The lowest BCUT2D eigenvalue weighted by molar-refractivity contribution is 0.0404. The molecule has 1 unspecified atom stereocenters. The summed E-state index contributed by atoms with van der Waals surface area (Å²) in [5.41, 5.74) is -0.270. The average molecular weight is 417 g/mol. The molecule has 1 heterocycles. The Kier molecular flexibility index (Phi) is 7.24. The zero-order valence-corrected chi connectivity index (χ0v) is 18.9. The van der Waals surface area contributed by atoms with Gasteiger partial charge in [-0.3, -0.25) is 4.99 Å². The van der Waals surface area contributed by atoms with Gasteiger partial charge in [0.2, 0.25) is 0 Å². The largest absolute Gasteiger partial charge is 0.367 e. The van der Waals surface area contributed by atoms with E-state index in [4.69, 9.17) is 4.99 Å². The topological polar surface area (TPSA) is 44.6 Å². The second-order valence-corrected chi connectivity index (χ2v) is 9.18. The molecule has 164 valence electrons. The standard InChI is InChI=1S/C28H36N2O/c1-28(31,30-27-15-9-7-5-3-2-4-6-8-12-20-29-27)24-18-19-26-23(21-24)17-16-22-13-10-11-14-25(22)26/h10-11,13-14,16-19,21,31H,2-9,12,15,20H2,1H3,(H,29,30). The maximum atomic E-state index is 11.4. The third kappa shape index (κ3) is 5.65. The summed E-state index contributed by atoms with van der Waals surface area (Å²) in [6.45, 7) is 2.70. The highest BCUT2D eigenvalue weighted by Crippen LogP contribution is 2.29. The fourth-order valence-electron chi connectivity index (χ4n) is 4.71. The van der Waals surface area contributed by atoms with E-state index in [9.17, 15) is 5.11 Å². The summed E-state index contributed by atoms with van der Waals surface area (Å²) in [7, 11) is 0. The summed E-state index contributed by atoms with van der Waals surface area (Å²) in [6.07, 6.45) is 12.4. The van der Waals surface area contributed by atoms with Crippen LogP contribution in [0.4, 0.5) is 0 Å². The minimum absolute atomic E-state index is 0.849. The third-order valence-corrected chi connectivity index (χ3v) is 6.57. The van der Waals surface area contributed by atoms with Crippen LogP contribution >= 0.6 is 0 Å². The van der Waals surface area contributed by atoms with Gasteiger partial charge in [0.05, 0.1) is 5.84 Å². The molecule has 0 aliphatic carbocycles. The minimum Gasteiger partial charge on any atom is -0.367 e. The lowest BCUT2D eigenvalue weighted by Gasteiger charge is -2.28. The van der Waals surface area contributed by atoms with Crippen LogP contribution in [0.3, 0.4) is 0 Å². The second kappa shape index (κ2) is 10.3. The van der Waals surface area contributed by atoms with E-state index < -0.39 is 5.72 Å². The highest BCUT2D eigenvalue weighted by atomic mass is 16.3. The van der Waals surface area contributed by atoms with Gasteiger partial charge in [0.15, 0.2) is 5.72 Å². The molecule has 3 heteroatoms. The lowest BCUT2D eigenvalue weighted by atomic mass is 9.96. The maximum absolute atomic E-state index is 11.4. The van der Waals surface area contributed by atoms with Gasteiger partial charge in [-0.25, -0.2) is 0 Å². The first-order chi connectivity index (χ1) is 15.1. The summed E-state index contributed by atoms with van der Waals surface area (Å²) in [5.74, 6) is 0.947. The number of hydrogen-bond acceptors (Lipinski definition) is 3. The van der Waals surface area contributed by atoms with E-state index >= 15 is 0 Å². The van der Waals surface area contributed by atoms with Crippen LogP contribution in [-0.2, 0) is 5.72 Å². The molecule has 0 amide bonds. The molecular weight excluding hydrogens is 380 g/mol. The van der Waals surface area contributed by atoms with Gasteiger partial charge in [-0.05, 0) is 47.4 Å². The van der Waals surface area contributed by atoms with E-state index in [0.717, 1.165) is 42.6 Å². The van der Waals surface area contributed by atoms with Crippen LogP contribution in [-0.4, -0.2) is 17.5 Å². The lowest BCUT2D eigenvalue weighted by Crippen LogP contribution is -2.43. The first-order valence-corrected chi connectivity index (χ1v) is 12.1. The van der Waals surface area contributed by atoms with Crippen molar-refractivity contribution in [2.24, 2.45) is 4.99 Å². The number of aliphatic hydroxyl groups is 1. The molecule has 0 aromatic heterocycles. The number of benzene rings is 3. The number of nitrogens with zero attached hydrogens (tertiary/aromatic N) is 1. The minimum atomic E-state index is -1.15. The molecule has 0 spiro atoms. The molecule has 4 rings (SSSR count). The van der Waals surface area contributed by atoms with Crippen molar-refractivity contribution >= 4 is 27.4 Å². The summed E-state index contributed by atoms with van der Waals surface area (Å²) in [6, 6.07) is 19.0. The van der Waals surface area contributed by atoms with Crippen LogP contribution in [0.1, 0.15) is 76.7 Å². The Morgan fingerprint density at radius 3 is 2.19 bits per heavy atom. The van der Waals surface area contributed by atoms with Crippen LogP contribution in [0.2, 0.25) is 0 Å². The van der Waals surface area contributed by atoms with Crippen LogP contribution in [0.15, 0.2) is 59.6 Å². The zero-order chi connectivity index (χ0) is 21.5. The van der Waals surface area contributed by atoms with Crippen LogP contribution in [0.5, 0.6) is 0 Å². The first-order valence-electron chi connectivity index (χ1n) is 12.1. The SMILES string of the molecule is CC(O)(NC1=NCCCCCCCCCCC1)c1ccc2c(ccc3ccccc32)c1. The summed E-state index contributed by atoms with van der Waals surface area (Å²) in [5, 5.41) is 19.6. The molecule has 0 saturated heterocycles. The van der Waals surface area contributed by atoms with E-state index in [0.29, 0.717) is 0 Å². The predicted octanol–water partition coefficient (Wildman–Crippen LogP) is 7.06. The number of nitrogens with one attached hydrogen (secondary N) is 1. The Morgan fingerprint density at radius 2 is 1.39 bits per heavy atom. The Balaban J connectivity index is 1.54. The van der Waals surface area contributed by atoms with Crippen LogP contribution in [0, 0.1) is 0 Å². The van der Waals surface area contributed by atoms with Crippen LogP contribution < -0.4 is 5.32 Å². The molecule has 0 bridgehead atoms. The van der Waals surface area contributed by atoms with Gasteiger partial charge in [0.25, 0.3) is 0 Å². The van der Waals surface area contributed by atoms with Gasteiger partial charge in [-0.2, -0.15) is 0 Å². The van der Waals surface area contributed by atoms with E-state index in [1.54, 1.807) is 0 Å². The monoisotopic (exact) mass is 416 g/mol. The molecule has 3 aromatic rings. The van der Waals surface area contributed by atoms with Gasteiger partial charge in [-0.15, -0.1) is 0 Å². The summed E-state index contributed by atoms with van der Waals surface area (Å²) in [4.78, 5) is 4.85. The molecule has 1 aliphatic rings. The average Bonchev–Trinajstić information content (AvgIpc) is 2.81. The number of fused-ring (bicyclic) bond motifs is 3. The Hall–Kier alpha value is -2.39. The molecular formula is C28H36N2O. The Bertz CT molecular complexity index is 1040. The highest BCUT2D eigenvalue weighted by molar-refractivity contribution is 6.07. The summed E-state index contributed by atoms with van der Waals surface area (Å²) >= 11 is 0. The van der Waals surface area contributed by atoms with E-state index in [1.165, 1.54) is 61.1 Å². The van der Waals surface area contributed by atoms with E-state index in [1.807, 2.05) is 13.0 Å². The molecule has 2 N–H and O–H groups in total. The second-order valence-electron chi connectivity index (χ2n) is 9.18. The zero-order valence-electron chi connectivity index (χ0n) is 18.9. The number of amidine groups is 1. The Labute approximate surface area is 186 Å². The molecule has 3 nitrogen and oxygen atoms in total. The fraction of sp³-hybridized carbons (Fsp3) is 0.464. The van der Waals surface area contributed by atoms with Crippen molar-refractivity contribution < 1.29 is 5.11 Å². The van der Waals surface area contributed by atoms with Crippen LogP contribution in [0.25, 0.3) is 21.5 Å². The van der Waals surface area contributed by atoms with Gasteiger partial charge in [-0.1, -0.05) is 93.5 Å². The van der Waals surface area contributed by atoms with Crippen molar-refractivity contribution in [3.05, 3.63) is 60.2 Å². The number of hydrogen-bond donors (Lipinski definition) is 2. The summed E-state index contributed by atoms with van der Waals surface area (Å²) < 4.78 is 0. The fourth-order valence-corrected chi connectivity index (χ4v) is 4.71. The Morgan fingerprint density at radius 1 is 0.742 bits per heavy atom. The van der Waals surface area contributed by atoms with Crippen molar-refractivity contribution in [1.29, 1.82) is 0 Å². The van der Waals surface area contributed by atoms with Crippen molar-refractivity contribution in [3.8, 4) is 0 Å². The molecule has 0 saturated carbocycles. The normalized spacial score (nSPS) is 19.0. The van der Waals surface area contributed by atoms with Gasteiger partial charge >= 0.3 is 0 Å². The van der Waals surface area contributed by atoms with E-state index in [-0.39, 0.29) is 0 Å². The van der Waals surface area contributed by atoms with E-state index in [2.05, 4.69) is 53.8 Å². The predicted molar refractivity (Wildman–Crippen MR) is 133 cm³/mol. The number of rotatable bonds is 2. The molecule has 3 aromatic carbocycles. The van der Waals surface area contributed by atoms with Crippen molar-refractivity contribution in [1.82, 2.24) is 5.32 Å². The highest BCUT2D eigenvalue weighted by Gasteiger charge is 2.24.